The first-order chi connectivity index (χ1) is 8.70. The van der Waals surface area contributed by atoms with E-state index in [1.54, 1.807) is 0 Å². The molecule has 0 N–H and O–H groups in total. The minimum atomic E-state index is 0.0922. The van der Waals surface area contributed by atoms with Crippen LogP contribution in [-0.2, 0) is 0 Å². The summed E-state index contributed by atoms with van der Waals surface area (Å²) in [5.74, 6) is 1.77. The first-order valence-electron chi connectivity index (χ1n) is 7.08. The summed E-state index contributed by atoms with van der Waals surface area (Å²) >= 11 is 6.62. The van der Waals surface area contributed by atoms with Gasteiger partial charge in [-0.3, -0.25) is 0 Å². The molecule has 2 rings (SSSR count). The van der Waals surface area contributed by atoms with Crippen molar-refractivity contribution in [3.63, 3.8) is 0 Å². The van der Waals surface area contributed by atoms with Gasteiger partial charge in [-0.2, -0.15) is 0 Å². The molecular weight excluding hydrogens is 244 g/mol. The number of ether oxygens (including phenoxy) is 1. The third kappa shape index (κ3) is 3.41. The zero-order valence-electron chi connectivity index (χ0n) is 11.4. The van der Waals surface area contributed by atoms with Crippen LogP contribution < -0.4 is 4.74 Å². The van der Waals surface area contributed by atoms with Crippen molar-refractivity contribution in [3.05, 3.63) is 29.3 Å². The van der Waals surface area contributed by atoms with Crippen LogP contribution in [0.1, 0.15) is 55.5 Å². The van der Waals surface area contributed by atoms with Crippen molar-refractivity contribution in [2.75, 3.05) is 6.61 Å². The predicted molar refractivity (Wildman–Crippen MR) is 77.5 cm³/mol. The number of halogens is 1. The van der Waals surface area contributed by atoms with Crippen LogP contribution in [0.3, 0.4) is 0 Å². The standard InChI is InChI=1S/C16H23ClO/c1-3-18-16-9-8-12(2)10-14(16)15(17)11-13-6-4-5-7-13/h8-10,13,15H,3-7,11H2,1-2H3. The maximum absolute atomic E-state index is 6.62. The molecule has 1 unspecified atom stereocenters. The quantitative estimate of drug-likeness (QED) is 0.661. The summed E-state index contributed by atoms with van der Waals surface area (Å²) in [7, 11) is 0. The summed E-state index contributed by atoms with van der Waals surface area (Å²) in [4.78, 5) is 0. The van der Waals surface area contributed by atoms with Crippen molar-refractivity contribution < 1.29 is 4.74 Å². The summed E-state index contributed by atoms with van der Waals surface area (Å²) in [6, 6.07) is 6.32. The molecule has 0 aliphatic heterocycles. The summed E-state index contributed by atoms with van der Waals surface area (Å²) in [6.45, 7) is 4.82. The number of hydrogen-bond donors (Lipinski definition) is 0. The number of benzene rings is 1. The van der Waals surface area contributed by atoms with Gasteiger partial charge in [0.25, 0.3) is 0 Å². The molecular formula is C16H23ClO. The second-order valence-electron chi connectivity index (χ2n) is 5.33. The molecule has 0 aromatic heterocycles. The zero-order valence-corrected chi connectivity index (χ0v) is 12.2. The maximum Gasteiger partial charge on any atom is 0.123 e. The predicted octanol–water partition coefficient (Wildman–Crippen LogP) is 5.25. The Labute approximate surface area is 115 Å². The second kappa shape index (κ2) is 6.47. The van der Waals surface area contributed by atoms with Crippen LogP contribution in [0, 0.1) is 12.8 Å². The van der Waals surface area contributed by atoms with Crippen LogP contribution in [0.15, 0.2) is 18.2 Å². The Bertz CT molecular complexity index is 383. The first-order valence-corrected chi connectivity index (χ1v) is 7.51. The molecule has 100 valence electrons. The zero-order chi connectivity index (χ0) is 13.0. The van der Waals surface area contributed by atoms with E-state index < -0.39 is 0 Å². The van der Waals surface area contributed by atoms with Gasteiger partial charge in [-0.25, -0.2) is 0 Å². The topological polar surface area (TPSA) is 9.23 Å². The Balaban J connectivity index is 2.11. The van der Waals surface area contributed by atoms with Crippen molar-refractivity contribution in [2.45, 2.75) is 51.3 Å². The summed E-state index contributed by atoms with van der Waals surface area (Å²) < 4.78 is 5.69. The number of hydrogen-bond acceptors (Lipinski definition) is 1. The molecule has 0 radical (unpaired) electrons. The molecule has 1 fully saturated rings. The van der Waals surface area contributed by atoms with E-state index in [0.29, 0.717) is 6.61 Å². The SMILES string of the molecule is CCOc1ccc(C)cc1C(Cl)CC1CCCC1. The van der Waals surface area contributed by atoms with Gasteiger partial charge in [0.15, 0.2) is 0 Å². The van der Waals surface area contributed by atoms with Crippen molar-refractivity contribution in [1.82, 2.24) is 0 Å². The van der Waals surface area contributed by atoms with Crippen LogP contribution in [-0.4, -0.2) is 6.61 Å². The lowest BCUT2D eigenvalue weighted by Crippen LogP contribution is -2.03. The molecule has 1 saturated carbocycles. The van der Waals surface area contributed by atoms with E-state index >= 15 is 0 Å². The van der Waals surface area contributed by atoms with Gasteiger partial charge in [0.05, 0.1) is 12.0 Å². The van der Waals surface area contributed by atoms with E-state index in [-0.39, 0.29) is 5.38 Å². The molecule has 1 nitrogen and oxygen atoms in total. The minimum absolute atomic E-state index is 0.0922. The van der Waals surface area contributed by atoms with Gasteiger partial charge in [-0.05, 0) is 32.3 Å². The van der Waals surface area contributed by atoms with Gasteiger partial charge in [-0.1, -0.05) is 43.4 Å². The molecule has 1 aromatic rings. The molecule has 0 amide bonds. The molecule has 0 bridgehead atoms. The summed E-state index contributed by atoms with van der Waals surface area (Å²) in [5.41, 5.74) is 2.43. The monoisotopic (exact) mass is 266 g/mol. The Morgan fingerprint density at radius 3 is 2.72 bits per heavy atom. The fourth-order valence-electron chi connectivity index (χ4n) is 2.87. The Hall–Kier alpha value is -0.690. The average Bonchev–Trinajstić information content (AvgIpc) is 2.84. The van der Waals surface area contributed by atoms with Crippen molar-refractivity contribution in [1.29, 1.82) is 0 Å². The normalized spacial score (nSPS) is 17.9. The third-order valence-electron chi connectivity index (χ3n) is 3.82. The number of aryl methyl sites for hydroxylation is 1. The van der Waals surface area contributed by atoms with Gasteiger partial charge in [-0.15, -0.1) is 11.6 Å². The Kier molecular flexibility index (Phi) is 4.94. The van der Waals surface area contributed by atoms with E-state index in [9.17, 15) is 0 Å². The lowest BCUT2D eigenvalue weighted by Gasteiger charge is -2.18. The highest BCUT2D eigenvalue weighted by Crippen LogP contribution is 2.39. The number of alkyl halides is 1. The fraction of sp³-hybridized carbons (Fsp3) is 0.625. The van der Waals surface area contributed by atoms with Crippen LogP contribution in [0.2, 0.25) is 0 Å². The highest BCUT2D eigenvalue weighted by Gasteiger charge is 2.22. The molecule has 1 aromatic carbocycles. The molecule has 0 saturated heterocycles. The molecule has 1 aliphatic carbocycles. The van der Waals surface area contributed by atoms with Crippen molar-refractivity contribution >= 4 is 11.6 Å². The van der Waals surface area contributed by atoms with E-state index in [2.05, 4.69) is 25.1 Å². The van der Waals surface area contributed by atoms with Crippen LogP contribution in [0.25, 0.3) is 0 Å². The molecule has 18 heavy (non-hydrogen) atoms. The van der Waals surface area contributed by atoms with E-state index in [0.717, 1.165) is 18.1 Å². The van der Waals surface area contributed by atoms with E-state index in [1.807, 2.05) is 6.92 Å². The highest BCUT2D eigenvalue weighted by molar-refractivity contribution is 6.21. The molecule has 1 aliphatic rings. The van der Waals surface area contributed by atoms with Crippen molar-refractivity contribution in [3.8, 4) is 5.75 Å². The van der Waals surface area contributed by atoms with E-state index in [1.165, 1.54) is 36.8 Å². The van der Waals surface area contributed by atoms with Gasteiger partial charge in [0.2, 0.25) is 0 Å². The van der Waals surface area contributed by atoms with Gasteiger partial charge < -0.3 is 4.74 Å². The molecule has 0 heterocycles. The van der Waals surface area contributed by atoms with E-state index in [4.69, 9.17) is 16.3 Å². The average molecular weight is 267 g/mol. The summed E-state index contributed by atoms with van der Waals surface area (Å²) in [5, 5.41) is 0.0922. The van der Waals surface area contributed by atoms with Crippen LogP contribution in [0.5, 0.6) is 5.75 Å². The molecule has 1 atom stereocenters. The Morgan fingerprint density at radius 1 is 1.33 bits per heavy atom. The second-order valence-corrected chi connectivity index (χ2v) is 5.85. The van der Waals surface area contributed by atoms with Gasteiger partial charge >= 0.3 is 0 Å². The van der Waals surface area contributed by atoms with Gasteiger partial charge in [0, 0.05) is 5.56 Å². The maximum atomic E-state index is 6.62. The Morgan fingerprint density at radius 2 is 2.06 bits per heavy atom. The summed E-state index contributed by atoms with van der Waals surface area (Å²) in [6.07, 6.45) is 6.53. The van der Waals surface area contributed by atoms with Crippen molar-refractivity contribution in [2.24, 2.45) is 5.92 Å². The largest absolute Gasteiger partial charge is 0.494 e. The first kappa shape index (κ1) is 13.7. The highest BCUT2D eigenvalue weighted by atomic mass is 35.5. The van der Waals surface area contributed by atoms with Gasteiger partial charge in [0.1, 0.15) is 5.75 Å². The lowest BCUT2D eigenvalue weighted by molar-refractivity contribution is 0.334. The van der Waals surface area contributed by atoms with Crippen LogP contribution in [0.4, 0.5) is 0 Å². The van der Waals surface area contributed by atoms with Crippen LogP contribution >= 0.6 is 11.6 Å². The third-order valence-corrected chi connectivity index (χ3v) is 4.23. The minimum Gasteiger partial charge on any atom is -0.494 e. The number of rotatable bonds is 5. The smallest absolute Gasteiger partial charge is 0.123 e. The lowest BCUT2D eigenvalue weighted by atomic mass is 9.96. The molecule has 2 heteroatoms. The fourth-order valence-corrected chi connectivity index (χ4v) is 3.29. The molecule has 0 spiro atoms.